The summed E-state index contributed by atoms with van der Waals surface area (Å²) in [6.45, 7) is 12.8. The minimum absolute atomic E-state index is 0.149. The molecule has 8 nitrogen and oxygen atoms in total. The number of aromatic nitrogens is 2. The van der Waals surface area contributed by atoms with Crippen molar-refractivity contribution >= 4 is 20.0 Å². The van der Waals surface area contributed by atoms with E-state index in [4.69, 9.17) is 9.16 Å². The number of hydrogen-bond acceptors (Lipinski definition) is 6. The highest BCUT2D eigenvalue weighted by Gasteiger charge is 2.49. The van der Waals surface area contributed by atoms with Crippen molar-refractivity contribution in [1.82, 2.24) is 9.55 Å². The van der Waals surface area contributed by atoms with E-state index in [9.17, 15) is 14.7 Å². The van der Waals surface area contributed by atoms with Crippen LogP contribution in [0.1, 0.15) is 58.1 Å². The summed E-state index contributed by atoms with van der Waals surface area (Å²) in [6, 6.07) is 10.3. The number of nitrogens with zero attached hydrogens (tertiary/aromatic N) is 2. The normalized spacial score (nSPS) is 18.4. The van der Waals surface area contributed by atoms with Crippen molar-refractivity contribution in [3.8, 4) is 0 Å². The van der Waals surface area contributed by atoms with Crippen molar-refractivity contribution in [2.24, 2.45) is 0 Å². The molecule has 34 heavy (non-hydrogen) atoms. The highest BCUT2D eigenvalue weighted by molar-refractivity contribution is 6.77. The molecule has 3 rings (SSSR count). The zero-order valence-corrected chi connectivity index (χ0v) is 21.7. The molecule has 0 bridgehead atoms. The van der Waals surface area contributed by atoms with Crippen LogP contribution in [0.15, 0.2) is 59.2 Å². The molecule has 2 N–H and O–H groups in total. The Morgan fingerprint density at radius 3 is 2.26 bits per heavy atom. The first-order valence-corrected chi connectivity index (χ1v) is 13.9. The number of rotatable bonds is 9. The maximum absolute atomic E-state index is 12.9. The average molecular weight is 486 g/mol. The third kappa shape index (κ3) is 5.16. The summed E-state index contributed by atoms with van der Waals surface area (Å²) in [4.78, 5) is 29.4. The number of hydrogen-bond donors (Lipinski definition) is 2. The van der Waals surface area contributed by atoms with E-state index < -0.39 is 26.3 Å². The molecule has 1 amide bonds. The first-order valence-electron chi connectivity index (χ1n) is 11.7. The Bertz CT molecular complexity index is 1060. The zero-order chi connectivity index (χ0) is 25.0. The van der Waals surface area contributed by atoms with Crippen LogP contribution >= 0.6 is 0 Å². The van der Waals surface area contributed by atoms with E-state index in [2.05, 4.69) is 51.8 Å². The molecule has 0 fully saturated rings. The molecule has 1 aromatic heterocycles. The molecule has 1 aliphatic heterocycles. The second kappa shape index (κ2) is 10.7. The largest absolute Gasteiger partial charge is 0.469 e. The minimum Gasteiger partial charge on any atom is -0.469 e. The van der Waals surface area contributed by atoms with Crippen LogP contribution in [-0.2, 0) is 9.16 Å². The summed E-state index contributed by atoms with van der Waals surface area (Å²) in [5.41, 5.74) is 0.901. The van der Waals surface area contributed by atoms with E-state index in [1.54, 1.807) is 36.4 Å². The Kier molecular flexibility index (Phi) is 8.11. The standard InChI is InChI=1S/C25H35N3O5Si/c1-16(2)34(17(3)4,18(5)6)33-21-14-20(15-29)32-24(21)28-13-12-22(27-25(28)31)26-23(30)19-10-8-7-9-11-19/h7-14,16-18,21,24,29H,15H2,1-6H3,(H,26,27,30,31)/t21-,24-/m1/s1. The Labute approximate surface area is 201 Å². The topological polar surface area (TPSA) is 103 Å². The van der Waals surface area contributed by atoms with E-state index in [1.807, 2.05) is 6.07 Å². The Morgan fingerprint density at radius 1 is 1.12 bits per heavy atom. The lowest BCUT2D eigenvalue weighted by atomic mass is 10.2. The fourth-order valence-corrected chi connectivity index (χ4v) is 10.5. The monoisotopic (exact) mass is 485 g/mol. The van der Waals surface area contributed by atoms with Gasteiger partial charge in [0.2, 0.25) is 14.5 Å². The molecular formula is C25H35N3O5Si. The number of anilines is 1. The van der Waals surface area contributed by atoms with E-state index in [0.29, 0.717) is 27.9 Å². The van der Waals surface area contributed by atoms with Crippen LogP contribution in [0.25, 0.3) is 0 Å². The minimum atomic E-state index is -2.30. The van der Waals surface area contributed by atoms with Gasteiger partial charge in [-0.15, -0.1) is 0 Å². The molecule has 2 aromatic rings. The first kappa shape index (κ1) is 25.9. The van der Waals surface area contributed by atoms with Crippen molar-refractivity contribution in [2.75, 3.05) is 11.9 Å². The molecule has 9 heteroatoms. The predicted molar refractivity (Wildman–Crippen MR) is 134 cm³/mol. The number of carbonyl (C=O) groups is 1. The van der Waals surface area contributed by atoms with Gasteiger partial charge in [0.1, 0.15) is 24.3 Å². The summed E-state index contributed by atoms with van der Waals surface area (Å²) in [7, 11) is -2.30. The fraction of sp³-hybridized carbons (Fsp3) is 0.480. The molecule has 0 saturated heterocycles. The van der Waals surface area contributed by atoms with Crippen molar-refractivity contribution < 1.29 is 19.1 Å². The van der Waals surface area contributed by atoms with Gasteiger partial charge in [0.15, 0.2) is 0 Å². The molecule has 1 aromatic carbocycles. The average Bonchev–Trinajstić information content (AvgIpc) is 3.20. The number of ether oxygens (including phenoxy) is 1. The summed E-state index contributed by atoms with van der Waals surface area (Å²) < 4.78 is 14.1. The van der Waals surface area contributed by atoms with Gasteiger partial charge in [-0.2, -0.15) is 4.98 Å². The van der Waals surface area contributed by atoms with Crippen LogP contribution in [0.2, 0.25) is 16.6 Å². The van der Waals surface area contributed by atoms with Gasteiger partial charge in [-0.1, -0.05) is 59.7 Å². The molecular weight excluding hydrogens is 450 g/mol. The number of aliphatic hydroxyl groups excluding tert-OH is 1. The van der Waals surface area contributed by atoms with Crippen LogP contribution in [0, 0.1) is 0 Å². The first-order chi connectivity index (χ1) is 16.1. The lowest BCUT2D eigenvalue weighted by Crippen LogP contribution is -2.51. The Hall–Kier alpha value is -2.75. The fourth-order valence-electron chi connectivity index (χ4n) is 5.02. The third-order valence-electron chi connectivity index (χ3n) is 6.49. The van der Waals surface area contributed by atoms with E-state index in [-0.39, 0.29) is 18.3 Å². The van der Waals surface area contributed by atoms with Gasteiger partial charge in [0.25, 0.3) is 5.91 Å². The Balaban J connectivity index is 1.88. The number of benzene rings is 1. The Morgan fingerprint density at radius 2 is 1.74 bits per heavy atom. The highest BCUT2D eigenvalue weighted by Crippen LogP contribution is 2.45. The van der Waals surface area contributed by atoms with Gasteiger partial charge in [0, 0.05) is 11.8 Å². The molecule has 0 unspecified atom stereocenters. The molecule has 0 radical (unpaired) electrons. The van der Waals surface area contributed by atoms with E-state index >= 15 is 0 Å². The summed E-state index contributed by atoms with van der Waals surface area (Å²) in [6.07, 6.45) is 1.97. The van der Waals surface area contributed by atoms with Crippen LogP contribution in [0.3, 0.4) is 0 Å². The van der Waals surface area contributed by atoms with Crippen molar-refractivity contribution in [1.29, 1.82) is 0 Å². The number of aliphatic hydroxyl groups is 1. The summed E-state index contributed by atoms with van der Waals surface area (Å²) in [5, 5.41) is 12.4. The van der Waals surface area contributed by atoms with Crippen LogP contribution in [0.4, 0.5) is 5.82 Å². The van der Waals surface area contributed by atoms with Gasteiger partial charge in [-0.05, 0) is 40.9 Å². The van der Waals surface area contributed by atoms with Gasteiger partial charge in [-0.3, -0.25) is 9.36 Å². The van der Waals surface area contributed by atoms with Crippen molar-refractivity contribution in [3.05, 3.63) is 70.5 Å². The van der Waals surface area contributed by atoms with Crippen LogP contribution < -0.4 is 11.0 Å². The molecule has 0 spiro atoms. The van der Waals surface area contributed by atoms with Crippen LogP contribution in [0.5, 0.6) is 0 Å². The third-order valence-corrected chi connectivity index (χ3v) is 12.6. The molecule has 0 aliphatic carbocycles. The van der Waals surface area contributed by atoms with E-state index in [0.717, 1.165) is 0 Å². The quantitative estimate of drug-likeness (QED) is 0.508. The molecule has 0 saturated carbocycles. The lowest BCUT2D eigenvalue weighted by Gasteiger charge is -2.44. The predicted octanol–water partition coefficient (Wildman–Crippen LogP) is 4.46. The van der Waals surface area contributed by atoms with Crippen molar-refractivity contribution in [3.63, 3.8) is 0 Å². The number of amides is 1. The molecule has 1 aliphatic rings. The molecule has 2 atom stereocenters. The van der Waals surface area contributed by atoms with Crippen molar-refractivity contribution in [2.45, 2.75) is 70.5 Å². The second-order valence-corrected chi connectivity index (χ2v) is 14.9. The number of nitrogens with one attached hydrogen (secondary N) is 1. The van der Waals surface area contributed by atoms with Crippen LogP contribution in [-0.4, -0.2) is 41.6 Å². The lowest BCUT2D eigenvalue weighted by molar-refractivity contribution is -0.00675. The summed E-state index contributed by atoms with van der Waals surface area (Å²) >= 11 is 0. The van der Waals surface area contributed by atoms with Gasteiger partial charge < -0.3 is 19.6 Å². The SMILES string of the molecule is CC(C)[Si](O[C@@H]1C=C(CO)O[C@H]1n1ccc(NC(=O)c2ccccc2)nc1=O)(C(C)C)C(C)C. The zero-order valence-electron chi connectivity index (χ0n) is 20.7. The highest BCUT2D eigenvalue weighted by atomic mass is 28.4. The second-order valence-electron chi connectivity index (χ2n) is 9.52. The van der Waals surface area contributed by atoms with Gasteiger partial charge >= 0.3 is 5.69 Å². The smallest absolute Gasteiger partial charge is 0.352 e. The summed E-state index contributed by atoms with van der Waals surface area (Å²) in [5.74, 6) is 0.160. The molecule has 184 valence electrons. The van der Waals surface area contributed by atoms with Gasteiger partial charge in [0.05, 0.1) is 0 Å². The molecule has 2 heterocycles. The maximum Gasteiger partial charge on any atom is 0.352 e. The number of carbonyl (C=O) groups excluding carboxylic acids is 1. The maximum atomic E-state index is 12.9. The van der Waals surface area contributed by atoms with E-state index in [1.165, 1.54) is 10.8 Å². The van der Waals surface area contributed by atoms with Gasteiger partial charge in [-0.25, -0.2) is 4.79 Å².